The number of thiazole rings is 1. The molecule has 0 N–H and O–H groups in total. The van der Waals surface area contributed by atoms with Gasteiger partial charge in [0.1, 0.15) is 5.82 Å². The van der Waals surface area contributed by atoms with E-state index in [1.807, 2.05) is 16.7 Å². The van der Waals surface area contributed by atoms with Crippen LogP contribution in [-0.4, -0.2) is 53.5 Å². The Balaban J connectivity index is 1.42. The van der Waals surface area contributed by atoms with Crippen molar-refractivity contribution in [1.82, 2.24) is 9.88 Å². The van der Waals surface area contributed by atoms with Gasteiger partial charge >= 0.3 is 0 Å². The third-order valence-corrected chi connectivity index (χ3v) is 6.18. The van der Waals surface area contributed by atoms with E-state index in [0.717, 1.165) is 53.0 Å². The third kappa shape index (κ3) is 2.56. The van der Waals surface area contributed by atoms with Gasteiger partial charge in [-0.15, -0.1) is 0 Å². The summed E-state index contributed by atoms with van der Waals surface area (Å²) >= 11 is 3.40. The molecule has 3 heterocycles. The summed E-state index contributed by atoms with van der Waals surface area (Å²) in [7, 11) is 0. The summed E-state index contributed by atoms with van der Waals surface area (Å²) in [5.74, 6) is 2.23. The fourth-order valence-corrected chi connectivity index (χ4v) is 4.77. The van der Waals surface area contributed by atoms with Crippen LogP contribution in [0.5, 0.6) is 0 Å². The van der Waals surface area contributed by atoms with Crippen LogP contribution in [0.15, 0.2) is 18.2 Å². The third-order valence-electron chi connectivity index (χ3n) is 4.16. The van der Waals surface area contributed by atoms with Gasteiger partial charge < -0.3 is 9.80 Å². The quantitative estimate of drug-likeness (QED) is 0.843. The van der Waals surface area contributed by atoms with Crippen molar-refractivity contribution in [1.29, 1.82) is 0 Å². The van der Waals surface area contributed by atoms with E-state index in [0.29, 0.717) is 0 Å². The number of hydrogen-bond acceptors (Lipinski definition) is 5. The number of carbonyl (C=O) groups is 1. The second-order valence-electron chi connectivity index (χ2n) is 5.65. The minimum atomic E-state index is -0.234. The minimum Gasteiger partial charge on any atom is -0.346 e. The number of amides is 1. The van der Waals surface area contributed by atoms with Crippen LogP contribution in [0.1, 0.15) is 0 Å². The van der Waals surface area contributed by atoms with E-state index in [2.05, 4.69) is 9.88 Å². The molecule has 22 heavy (non-hydrogen) atoms. The SMILES string of the molecule is O=C(C1CN(c2nc3ccc(F)cc3s2)C1)N1CCSCC1. The Morgan fingerprint density at radius 1 is 1.27 bits per heavy atom. The second-order valence-corrected chi connectivity index (χ2v) is 7.88. The number of fused-ring (bicyclic) bond motifs is 1. The van der Waals surface area contributed by atoms with Crippen molar-refractivity contribution in [2.75, 3.05) is 42.6 Å². The van der Waals surface area contributed by atoms with Crippen molar-refractivity contribution in [2.24, 2.45) is 5.92 Å². The first-order valence-electron chi connectivity index (χ1n) is 7.38. The summed E-state index contributed by atoms with van der Waals surface area (Å²) in [4.78, 5) is 21.0. The zero-order valence-electron chi connectivity index (χ0n) is 12.0. The number of thioether (sulfide) groups is 1. The minimum absolute atomic E-state index is 0.0897. The van der Waals surface area contributed by atoms with Crippen LogP contribution in [-0.2, 0) is 4.79 Å². The molecule has 0 aliphatic carbocycles. The van der Waals surface area contributed by atoms with Crippen LogP contribution in [0, 0.1) is 11.7 Å². The van der Waals surface area contributed by atoms with Gasteiger partial charge in [0, 0.05) is 37.7 Å². The number of aromatic nitrogens is 1. The summed E-state index contributed by atoms with van der Waals surface area (Å²) < 4.78 is 14.1. The van der Waals surface area contributed by atoms with Gasteiger partial charge in [-0.3, -0.25) is 4.79 Å². The smallest absolute Gasteiger partial charge is 0.229 e. The van der Waals surface area contributed by atoms with Gasteiger partial charge in [-0.2, -0.15) is 11.8 Å². The van der Waals surface area contributed by atoms with E-state index in [9.17, 15) is 9.18 Å². The van der Waals surface area contributed by atoms with Gasteiger partial charge in [-0.05, 0) is 18.2 Å². The van der Waals surface area contributed by atoms with E-state index in [1.165, 1.54) is 23.5 Å². The average Bonchev–Trinajstić information content (AvgIpc) is 2.89. The van der Waals surface area contributed by atoms with E-state index in [1.54, 1.807) is 6.07 Å². The van der Waals surface area contributed by atoms with Gasteiger partial charge in [0.15, 0.2) is 5.13 Å². The molecule has 1 aromatic heterocycles. The van der Waals surface area contributed by atoms with Gasteiger partial charge in [0.25, 0.3) is 0 Å². The molecule has 2 fully saturated rings. The fourth-order valence-electron chi connectivity index (χ4n) is 2.85. The van der Waals surface area contributed by atoms with Crippen molar-refractivity contribution in [3.05, 3.63) is 24.0 Å². The topological polar surface area (TPSA) is 36.4 Å². The number of halogens is 1. The molecule has 0 saturated carbocycles. The van der Waals surface area contributed by atoms with Crippen LogP contribution < -0.4 is 4.90 Å². The molecular weight excluding hydrogens is 321 g/mol. The Kier molecular flexibility index (Phi) is 3.69. The van der Waals surface area contributed by atoms with E-state index in [-0.39, 0.29) is 17.6 Å². The molecule has 4 nitrogen and oxygen atoms in total. The lowest BCUT2D eigenvalue weighted by molar-refractivity contribution is -0.135. The largest absolute Gasteiger partial charge is 0.346 e. The summed E-state index contributed by atoms with van der Waals surface area (Å²) in [5, 5.41) is 0.888. The Morgan fingerprint density at radius 3 is 2.82 bits per heavy atom. The molecule has 0 spiro atoms. The Morgan fingerprint density at radius 2 is 2.05 bits per heavy atom. The Hall–Kier alpha value is -1.34. The maximum Gasteiger partial charge on any atom is 0.229 e. The zero-order chi connectivity index (χ0) is 15.1. The molecule has 1 amide bonds. The molecule has 4 rings (SSSR count). The lowest BCUT2D eigenvalue weighted by atomic mass is 9.99. The highest BCUT2D eigenvalue weighted by atomic mass is 32.2. The summed E-state index contributed by atoms with van der Waals surface area (Å²) in [6.07, 6.45) is 0. The Labute approximate surface area is 136 Å². The van der Waals surface area contributed by atoms with Gasteiger partial charge in [0.05, 0.1) is 16.1 Å². The molecule has 0 radical (unpaired) electrons. The highest BCUT2D eigenvalue weighted by Gasteiger charge is 2.37. The van der Waals surface area contributed by atoms with Gasteiger partial charge in [-0.1, -0.05) is 11.3 Å². The highest BCUT2D eigenvalue weighted by molar-refractivity contribution is 7.99. The molecule has 0 atom stereocenters. The molecule has 2 aliphatic rings. The first-order valence-corrected chi connectivity index (χ1v) is 9.35. The van der Waals surface area contributed by atoms with Gasteiger partial charge in [0.2, 0.25) is 5.91 Å². The van der Waals surface area contributed by atoms with Crippen molar-refractivity contribution in [2.45, 2.75) is 0 Å². The lowest BCUT2D eigenvalue weighted by Crippen LogP contribution is -2.55. The number of rotatable bonds is 2. The molecule has 7 heteroatoms. The van der Waals surface area contributed by atoms with Crippen molar-refractivity contribution in [3.63, 3.8) is 0 Å². The van der Waals surface area contributed by atoms with Crippen LogP contribution in [0.3, 0.4) is 0 Å². The number of hydrogen-bond donors (Lipinski definition) is 0. The molecular formula is C15H16FN3OS2. The zero-order valence-corrected chi connectivity index (χ0v) is 13.6. The number of nitrogens with zero attached hydrogens (tertiary/aromatic N) is 3. The van der Waals surface area contributed by atoms with Gasteiger partial charge in [-0.25, -0.2) is 9.37 Å². The number of carbonyl (C=O) groups excluding carboxylic acids is 1. The maximum atomic E-state index is 13.2. The number of anilines is 1. The standard InChI is InChI=1S/C15H16FN3OS2/c16-11-1-2-12-13(7-11)22-15(17-12)19-8-10(9-19)14(20)18-3-5-21-6-4-18/h1-2,7,10H,3-6,8-9H2. The maximum absolute atomic E-state index is 13.2. The van der Waals surface area contributed by atoms with Crippen LogP contribution in [0.25, 0.3) is 10.2 Å². The van der Waals surface area contributed by atoms with Crippen molar-refractivity contribution < 1.29 is 9.18 Å². The number of benzene rings is 1. The van der Waals surface area contributed by atoms with Crippen LogP contribution in [0.4, 0.5) is 9.52 Å². The predicted molar refractivity (Wildman–Crippen MR) is 89.2 cm³/mol. The molecule has 2 saturated heterocycles. The molecule has 1 aromatic carbocycles. The summed E-state index contributed by atoms with van der Waals surface area (Å²) in [6.45, 7) is 3.20. The monoisotopic (exact) mass is 337 g/mol. The van der Waals surface area contributed by atoms with Crippen LogP contribution >= 0.6 is 23.1 Å². The second kappa shape index (κ2) is 5.70. The van der Waals surface area contributed by atoms with E-state index in [4.69, 9.17) is 0 Å². The van der Waals surface area contributed by atoms with E-state index < -0.39 is 0 Å². The highest BCUT2D eigenvalue weighted by Crippen LogP contribution is 2.33. The molecule has 2 aromatic rings. The first-order chi connectivity index (χ1) is 10.7. The summed E-state index contributed by atoms with van der Waals surface area (Å²) in [6, 6.07) is 4.66. The molecule has 2 aliphatic heterocycles. The average molecular weight is 337 g/mol. The van der Waals surface area contributed by atoms with Crippen molar-refractivity contribution >= 4 is 44.4 Å². The fraction of sp³-hybridized carbons (Fsp3) is 0.467. The van der Waals surface area contributed by atoms with Crippen LogP contribution in [0.2, 0.25) is 0 Å². The summed E-state index contributed by atoms with van der Waals surface area (Å²) in [5.41, 5.74) is 0.823. The lowest BCUT2D eigenvalue weighted by Gasteiger charge is -2.41. The molecule has 116 valence electrons. The molecule has 0 unspecified atom stereocenters. The van der Waals surface area contributed by atoms with Crippen molar-refractivity contribution in [3.8, 4) is 0 Å². The van der Waals surface area contributed by atoms with E-state index >= 15 is 0 Å². The predicted octanol–water partition coefficient (Wildman–Crippen LogP) is 2.45. The first kappa shape index (κ1) is 14.3. The molecule has 0 bridgehead atoms. The Bertz CT molecular complexity index is 708. The normalized spacial score (nSPS) is 19.5.